The van der Waals surface area contributed by atoms with Gasteiger partial charge in [-0.05, 0) is 50.8 Å². The topological polar surface area (TPSA) is 34.1 Å². The highest BCUT2D eigenvalue weighted by Gasteiger charge is 2.11. The van der Waals surface area contributed by atoms with Crippen molar-refractivity contribution in [1.82, 2.24) is 10.3 Å². The number of hydrogen-bond donors (Lipinski definition) is 1. The molecular formula is C15H26N2O. The lowest BCUT2D eigenvalue weighted by atomic mass is 10.0. The van der Waals surface area contributed by atoms with E-state index in [-0.39, 0.29) is 0 Å². The third-order valence-corrected chi connectivity index (χ3v) is 3.21. The number of methoxy groups -OCH3 is 1. The SMILES string of the molecule is CCCNC(CCC(C)OC)Cc1cccnc1. The minimum absolute atomic E-state index is 0.338. The summed E-state index contributed by atoms with van der Waals surface area (Å²) in [7, 11) is 1.78. The van der Waals surface area contributed by atoms with Gasteiger partial charge in [0, 0.05) is 25.5 Å². The molecule has 1 heterocycles. The molecule has 0 spiro atoms. The van der Waals surface area contributed by atoms with Gasteiger partial charge in [0.15, 0.2) is 0 Å². The van der Waals surface area contributed by atoms with Crippen LogP contribution in [0.25, 0.3) is 0 Å². The van der Waals surface area contributed by atoms with Crippen molar-refractivity contribution in [3.63, 3.8) is 0 Å². The molecule has 2 atom stereocenters. The number of pyridine rings is 1. The molecule has 0 fully saturated rings. The van der Waals surface area contributed by atoms with E-state index in [4.69, 9.17) is 4.74 Å². The van der Waals surface area contributed by atoms with Crippen molar-refractivity contribution < 1.29 is 4.74 Å². The Labute approximate surface area is 111 Å². The van der Waals surface area contributed by atoms with Crippen LogP contribution in [-0.2, 0) is 11.2 Å². The maximum absolute atomic E-state index is 5.32. The Bertz CT molecular complexity index is 303. The maximum atomic E-state index is 5.32. The van der Waals surface area contributed by atoms with Gasteiger partial charge in [-0.15, -0.1) is 0 Å². The van der Waals surface area contributed by atoms with Crippen LogP contribution in [-0.4, -0.2) is 30.8 Å². The molecular weight excluding hydrogens is 224 g/mol. The normalized spacial score (nSPS) is 14.4. The molecule has 0 radical (unpaired) electrons. The summed E-state index contributed by atoms with van der Waals surface area (Å²) in [5.41, 5.74) is 1.30. The quantitative estimate of drug-likeness (QED) is 0.732. The van der Waals surface area contributed by atoms with E-state index in [2.05, 4.69) is 30.2 Å². The highest BCUT2D eigenvalue weighted by atomic mass is 16.5. The summed E-state index contributed by atoms with van der Waals surface area (Å²) in [4.78, 5) is 4.18. The lowest BCUT2D eigenvalue weighted by Gasteiger charge is -2.20. The van der Waals surface area contributed by atoms with Crippen LogP contribution in [0.15, 0.2) is 24.5 Å². The third kappa shape index (κ3) is 6.12. The van der Waals surface area contributed by atoms with Gasteiger partial charge in [-0.25, -0.2) is 0 Å². The van der Waals surface area contributed by atoms with Gasteiger partial charge in [0.25, 0.3) is 0 Å². The van der Waals surface area contributed by atoms with Crippen molar-refractivity contribution in [2.24, 2.45) is 0 Å². The molecule has 0 saturated carbocycles. The van der Waals surface area contributed by atoms with Crippen LogP contribution < -0.4 is 5.32 Å². The van der Waals surface area contributed by atoms with Crippen LogP contribution >= 0.6 is 0 Å². The average molecular weight is 250 g/mol. The molecule has 1 rings (SSSR count). The first-order valence-electron chi connectivity index (χ1n) is 6.91. The summed E-state index contributed by atoms with van der Waals surface area (Å²) in [6, 6.07) is 4.67. The standard InChI is InChI=1S/C15H26N2O/c1-4-9-17-15(8-7-13(2)18-3)11-14-6-5-10-16-12-14/h5-6,10,12-13,15,17H,4,7-9,11H2,1-3H3. The summed E-state index contributed by atoms with van der Waals surface area (Å²) >= 11 is 0. The zero-order valence-corrected chi connectivity index (χ0v) is 11.9. The van der Waals surface area contributed by atoms with Crippen LogP contribution in [0.2, 0.25) is 0 Å². The first-order valence-corrected chi connectivity index (χ1v) is 6.91. The van der Waals surface area contributed by atoms with Gasteiger partial charge in [-0.1, -0.05) is 13.0 Å². The molecule has 1 N–H and O–H groups in total. The molecule has 0 aliphatic rings. The highest BCUT2D eigenvalue weighted by Crippen LogP contribution is 2.09. The van der Waals surface area contributed by atoms with Crippen molar-refractivity contribution in [2.45, 2.75) is 51.7 Å². The highest BCUT2D eigenvalue weighted by molar-refractivity contribution is 5.10. The van der Waals surface area contributed by atoms with Crippen molar-refractivity contribution in [2.75, 3.05) is 13.7 Å². The second-order valence-electron chi connectivity index (χ2n) is 4.84. The van der Waals surface area contributed by atoms with Crippen molar-refractivity contribution >= 4 is 0 Å². The van der Waals surface area contributed by atoms with Crippen LogP contribution in [0.4, 0.5) is 0 Å². The van der Waals surface area contributed by atoms with Crippen LogP contribution in [0.1, 0.15) is 38.7 Å². The lowest BCUT2D eigenvalue weighted by molar-refractivity contribution is 0.106. The molecule has 1 aromatic rings. The van der Waals surface area contributed by atoms with E-state index in [0.717, 1.165) is 25.8 Å². The zero-order valence-electron chi connectivity index (χ0n) is 11.9. The number of nitrogens with one attached hydrogen (secondary N) is 1. The Kier molecular flexibility index (Phi) is 7.62. The molecule has 0 aliphatic heterocycles. The van der Waals surface area contributed by atoms with E-state index in [1.54, 1.807) is 7.11 Å². The number of nitrogens with zero attached hydrogens (tertiary/aromatic N) is 1. The molecule has 18 heavy (non-hydrogen) atoms. The maximum Gasteiger partial charge on any atom is 0.0543 e. The molecule has 3 nitrogen and oxygen atoms in total. The third-order valence-electron chi connectivity index (χ3n) is 3.21. The molecule has 0 aliphatic carbocycles. The fourth-order valence-corrected chi connectivity index (χ4v) is 1.98. The molecule has 0 saturated heterocycles. The lowest BCUT2D eigenvalue weighted by Crippen LogP contribution is -2.32. The summed E-state index contributed by atoms with van der Waals surface area (Å²) in [6.07, 6.45) is 8.57. The summed E-state index contributed by atoms with van der Waals surface area (Å²) in [6.45, 7) is 5.40. The van der Waals surface area contributed by atoms with Crippen molar-refractivity contribution in [3.8, 4) is 0 Å². The minimum Gasteiger partial charge on any atom is -0.382 e. The number of hydrogen-bond acceptors (Lipinski definition) is 3. The van der Waals surface area contributed by atoms with Crippen LogP contribution in [0.5, 0.6) is 0 Å². The summed E-state index contributed by atoms with van der Waals surface area (Å²) in [5.74, 6) is 0. The number of ether oxygens (including phenoxy) is 1. The van der Waals surface area contributed by atoms with Crippen LogP contribution in [0.3, 0.4) is 0 Å². The average Bonchev–Trinajstić information content (AvgIpc) is 2.42. The van der Waals surface area contributed by atoms with Gasteiger partial charge in [-0.2, -0.15) is 0 Å². The molecule has 0 amide bonds. The zero-order chi connectivity index (χ0) is 13.2. The van der Waals surface area contributed by atoms with E-state index in [0.29, 0.717) is 12.1 Å². The Morgan fingerprint density at radius 2 is 2.22 bits per heavy atom. The minimum atomic E-state index is 0.338. The van der Waals surface area contributed by atoms with E-state index in [9.17, 15) is 0 Å². The fourth-order valence-electron chi connectivity index (χ4n) is 1.98. The Hall–Kier alpha value is -0.930. The van der Waals surface area contributed by atoms with Crippen molar-refractivity contribution in [3.05, 3.63) is 30.1 Å². The van der Waals surface area contributed by atoms with E-state index in [1.165, 1.54) is 12.0 Å². The molecule has 0 bridgehead atoms. The molecule has 1 aromatic heterocycles. The largest absolute Gasteiger partial charge is 0.382 e. The molecule has 3 heteroatoms. The monoisotopic (exact) mass is 250 g/mol. The summed E-state index contributed by atoms with van der Waals surface area (Å²) < 4.78 is 5.32. The fraction of sp³-hybridized carbons (Fsp3) is 0.667. The first kappa shape index (κ1) is 15.1. The van der Waals surface area contributed by atoms with Gasteiger partial charge < -0.3 is 10.1 Å². The smallest absolute Gasteiger partial charge is 0.0543 e. The van der Waals surface area contributed by atoms with Gasteiger partial charge in [-0.3, -0.25) is 4.98 Å². The van der Waals surface area contributed by atoms with E-state index >= 15 is 0 Å². The van der Waals surface area contributed by atoms with E-state index < -0.39 is 0 Å². The molecule has 102 valence electrons. The van der Waals surface area contributed by atoms with Crippen LogP contribution in [0, 0.1) is 0 Å². The van der Waals surface area contributed by atoms with Gasteiger partial charge in [0.05, 0.1) is 6.10 Å². The summed E-state index contributed by atoms with van der Waals surface area (Å²) in [5, 5.41) is 3.61. The predicted octanol–water partition coefficient (Wildman–Crippen LogP) is 2.81. The predicted molar refractivity (Wildman–Crippen MR) is 75.7 cm³/mol. The molecule has 0 aromatic carbocycles. The second-order valence-corrected chi connectivity index (χ2v) is 4.84. The van der Waals surface area contributed by atoms with Gasteiger partial charge in [0.1, 0.15) is 0 Å². The van der Waals surface area contributed by atoms with Crippen molar-refractivity contribution in [1.29, 1.82) is 0 Å². The Morgan fingerprint density at radius 3 is 2.83 bits per heavy atom. The van der Waals surface area contributed by atoms with Gasteiger partial charge in [0.2, 0.25) is 0 Å². The van der Waals surface area contributed by atoms with Gasteiger partial charge >= 0.3 is 0 Å². The Balaban J connectivity index is 2.44. The second kappa shape index (κ2) is 9.06. The Morgan fingerprint density at radius 1 is 1.39 bits per heavy atom. The number of rotatable bonds is 9. The number of aromatic nitrogens is 1. The molecule has 2 unspecified atom stereocenters. The van der Waals surface area contributed by atoms with E-state index in [1.807, 2.05) is 18.5 Å². The first-order chi connectivity index (χ1) is 8.76.